The summed E-state index contributed by atoms with van der Waals surface area (Å²) in [5.41, 5.74) is 6.81. The average molecular weight is 290 g/mol. The predicted molar refractivity (Wildman–Crippen MR) is 88.4 cm³/mol. The van der Waals surface area contributed by atoms with Crippen LogP contribution in [-0.2, 0) is 6.54 Å². The fourth-order valence-corrected chi connectivity index (χ4v) is 3.13. The number of benzene rings is 1. The largest absolute Gasteiger partial charge is 0.493 e. The zero-order chi connectivity index (χ0) is 15.1. The van der Waals surface area contributed by atoms with Gasteiger partial charge in [-0.25, -0.2) is 0 Å². The van der Waals surface area contributed by atoms with Crippen molar-refractivity contribution in [2.75, 3.05) is 26.2 Å². The van der Waals surface area contributed by atoms with Crippen molar-refractivity contribution in [3.8, 4) is 5.75 Å². The first-order valence-corrected chi connectivity index (χ1v) is 8.34. The van der Waals surface area contributed by atoms with Crippen LogP contribution in [0.25, 0.3) is 0 Å². The summed E-state index contributed by atoms with van der Waals surface area (Å²) in [4.78, 5) is 2.58. The van der Waals surface area contributed by atoms with Crippen molar-refractivity contribution >= 4 is 0 Å². The minimum Gasteiger partial charge on any atom is -0.493 e. The molecule has 0 aromatic heterocycles. The molecule has 2 N–H and O–H groups in total. The van der Waals surface area contributed by atoms with Crippen molar-refractivity contribution in [3.05, 3.63) is 29.8 Å². The maximum atomic E-state index is 5.87. The van der Waals surface area contributed by atoms with E-state index in [0.29, 0.717) is 6.54 Å². The van der Waals surface area contributed by atoms with Crippen LogP contribution < -0.4 is 10.5 Å². The maximum absolute atomic E-state index is 5.87. The lowest BCUT2D eigenvalue weighted by Crippen LogP contribution is -2.36. The van der Waals surface area contributed by atoms with E-state index < -0.39 is 0 Å². The van der Waals surface area contributed by atoms with Crippen LogP contribution in [0.5, 0.6) is 5.75 Å². The van der Waals surface area contributed by atoms with Crippen molar-refractivity contribution in [3.63, 3.8) is 0 Å². The third-order valence-corrected chi connectivity index (χ3v) is 4.64. The van der Waals surface area contributed by atoms with Gasteiger partial charge in [0.15, 0.2) is 0 Å². The summed E-state index contributed by atoms with van der Waals surface area (Å²) in [6.45, 7) is 9.67. The number of nitrogens with two attached hydrogens (primary N) is 1. The third-order valence-electron chi connectivity index (χ3n) is 4.64. The zero-order valence-electron chi connectivity index (χ0n) is 13.6. The summed E-state index contributed by atoms with van der Waals surface area (Å²) < 4.78 is 5.87. The second kappa shape index (κ2) is 8.40. The molecule has 1 heterocycles. The van der Waals surface area contributed by atoms with Crippen molar-refractivity contribution in [1.29, 1.82) is 0 Å². The Balaban J connectivity index is 1.64. The fraction of sp³-hybridized carbons (Fsp3) is 0.667. The molecule has 0 radical (unpaired) electrons. The van der Waals surface area contributed by atoms with E-state index in [0.717, 1.165) is 42.7 Å². The van der Waals surface area contributed by atoms with E-state index >= 15 is 0 Å². The van der Waals surface area contributed by atoms with Gasteiger partial charge in [-0.15, -0.1) is 0 Å². The van der Waals surface area contributed by atoms with Crippen molar-refractivity contribution in [2.24, 2.45) is 17.6 Å². The van der Waals surface area contributed by atoms with Crippen LogP contribution in [0.1, 0.15) is 38.7 Å². The number of para-hydroxylation sites is 1. The van der Waals surface area contributed by atoms with Gasteiger partial charge in [0.2, 0.25) is 0 Å². The van der Waals surface area contributed by atoms with Crippen LogP contribution in [-0.4, -0.2) is 31.1 Å². The lowest BCUT2D eigenvalue weighted by molar-refractivity contribution is 0.149. The van der Waals surface area contributed by atoms with Crippen molar-refractivity contribution in [1.82, 2.24) is 4.90 Å². The van der Waals surface area contributed by atoms with Gasteiger partial charge in [0.05, 0.1) is 6.61 Å². The monoisotopic (exact) mass is 290 g/mol. The summed E-state index contributed by atoms with van der Waals surface area (Å²) >= 11 is 0. The Labute approximate surface area is 129 Å². The molecule has 0 unspecified atom stereocenters. The Kier molecular flexibility index (Phi) is 6.52. The minimum atomic E-state index is 0.541. The predicted octanol–water partition coefficient (Wildman–Crippen LogP) is 3.28. The van der Waals surface area contributed by atoms with E-state index in [1.54, 1.807) is 0 Å². The number of likely N-dealkylation sites (tertiary alicyclic amines) is 1. The molecule has 1 aromatic rings. The molecule has 118 valence electrons. The Morgan fingerprint density at radius 2 is 1.95 bits per heavy atom. The topological polar surface area (TPSA) is 38.5 Å². The summed E-state index contributed by atoms with van der Waals surface area (Å²) in [5.74, 6) is 2.70. The number of hydrogen-bond donors (Lipinski definition) is 1. The number of nitrogens with zero attached hydrogens (tertiary/aromatic N) is 1. The smallest absolute Gasteiger partial charge is 0.123 e. The van der Waals surface area contributed by atoms with E-state index in [1.807, 2.05) is 24.3 Å². The molecule has 3 nitrogen and oxygen atoms in total. The molecule has 1 fully saturated rings. The van der Waals surface area contributed by atoms with Gasteiger partial charge in [-0.05, 0) is 50.3 Å². The van der Waals surface area contributed by atoms with Crippen LogP contribution >= 0.6 is 0 Å². The van der Waals surface area contributed by atoms with E-state index in [2.05, 4.69) is 18.7 Å². The first-order valence-electron chi connectivity index (χ1n) is 8.34. The number of hydrogen-bond acceptors (Lipinski definition) is 3. The SMILES string of the molecule is CC(C)C1CCN(CCCOc2ccccc2CN)CC1. The molecule has 21 heavy (non-hydrogen) atoms. The molecule has 1 aliphatic heterocycles. The highest BCUT2D eigenvalue weighted by Gasteiger charge is 2.20. The number of rotatable bonds is 7. The van der Waals surface area contributed by atoms with E-state index in [9.17, 15) is 0 Å². The molecule has 1 aromatic carbocycles. The Morgan fingerprint density at radius 3 is 2.62 bits per heavy atom. The minimum absolute atomic E-state index is 0.541. The van der Waals surface area contributed by atoms with E-state index in [-0.39, 0.29) is 0 Å². The molecule has 3 heteroatoms. The second-order valence-corrected chi connectivity index (χ2v) is 6.44. The maximum Gasteiger partial charge on any atom is 0.123 e. The molecule has 1 aliphatic rings. The summed E-state index contributed by atoms with van der Waals surface area (Å²) in [7, 11) is 0. The van der Waals surface area contributed by atoms with Gasteiger partial charge in [0, 0.05) is 18.7 Å². The van der Waals surface area contributed by atoms with Gasteiger partial charge in [0.1, 0.15) is 5.75 Å². The standard InChI is InChI=1S/C18H30N2O/c1-15(2)16-8-11-20(12-9-16)10-5-13-21-18-7-4-3-6-17(18)14-19/h3-4,6-7,15-16H,5,8-14,19H2,1-2H3. The second-order valence-electron chi connectivity index (χ2n) is 6.44. The molecular formula is C18H30N2O. The molecule has 0 aliphatic carbocycles. The van der Waals surface area contributed by atoms with Gasteiger partial charge in [-0.2, -0.15) is 0 Å². The van der Waals surface area contributed by atoms with Crippen LogP contribution in [0.3, 0.4) is 0 Å². The quantitative estimate of drug-likeness (QED) is 0.783. The first-order chi connectivity index (χ1) is 10.2. The van der Waals surface area contributed by atoms with Crippen LogP contribution in [0, 0.1) is 11.8 Å². The van der Waals surface area contributed by atoms with Crippen LogP contribution in [0.15, 0.2) is 24.3 Å². The molecule has 0 amide bonds. The van der Waals surface area contributed by atoms with Crippen molar-refractivity contribution in [2.45, 2.75) is 39.7 Å². The third kappa shape index (κ3) is 5.01. The highest BCUT2D eigenvalue weighted by molar-refractivity contribution is 5.32. The lowest BCUT2D eigenvalue weighted by atomic mass is 9.87. The summed E-state index contributed by atoms with van der Waals surface area (Å²) in [6, 6.07) is 8.06. The molecule has 0 saturated carbocycles. The van der Waals surface area contributed by atoms with Crippen LogP contribution in [0.4, 0.5) is 0 Å². The molecule has 0 bridgehead atoms. The van der Waals surface area contributed by atoms with Gasteiger partial charge >= 0.3 is 0 Å². The summed E-state index contributed by atoms with van der Waals surface area (Å²) in [6.07, 6.45) is 3.80. The fourth-order valence-electron chi connectivity index (χ4n) is 3.13. The highest BCUT2D eigenvalue weighted by Crippen LogP contribution is 2.24. The number of piperidine rings is 1. The Bertz CT molecular complexity index is 411. The van der Waals surface area contributed by atoms with E-state index in [4.69, 9.17) is 10.5 Å². The van der Waals surface area contributed by atoms with Gasteiger partial charge < -0.3 is 15.4 Å². The summed E-state index contributed by atoms with van der Waals surface area (Å²) in [5, 5.41) is 0. The van der Waals surface area contributed by atoms with Crippen LogP contribution in [0.2, 0.25) is 0 Å². The first kappa shape index (κ1) is 16.3. The number of ether oxygens (including phenoxy) is 1. The van der Waals surface area contributed by atoms with Crippen molar-refractivity contribution < 1.29 is 4.74 Å². The highest BCUT2D eigenvalue weighted by atomic mass is 16.5. The Hall–Kier alpha value is -1.06. The van der Waals surface area contributed by atoms with Gasteiger partial charge in [0.25, 0.3) is 0 Å². The van der Waals surface area contributed by atoms with Gasteiger partial charge in [-0.1, -0.05) is 32.0 Å². The molecule has 0 spiro atoms. The average Bonchev–Trinajstić information content (AvgIpc) is 2.52. The molecule has 0 atom stereocenters. The normalized spacial score (nSPS) is 17.3. The lowest BCUT2D eigenvalue weighted by Gasteiger charge is -2.33. The zero-order valence-corrected chi connectivity index (χ0v) is 13.6. The Morgan fingerprint density at radius 1 is 1.24 bits per heavy atom. The van der Waals surface area contributed by atoms with E-state index in [1.165, 1.54) is 25.9 Å². The molecular weight excluding hydrogens is 260 g/mol. The molecule has 2 rings (SSSR count). The van der Waals surface area contributed by atoms with Gasteiger partial charge in [-0.3, -0.25) is 0 Å². The molecule has 1 saturated heterocycles.